The highest BCUT2D eigenvalue weighted by atomic mass is 19.1. The number of ether oxygens (including phenoxy) is 2. The molecule has 1 fully saturated rings. The summed E-state index contributed by atoms with van der Waals surface area (Å²) >= 11 is 0. The third-order valence-corrected chi connectivity index (χ3v) is 4.93. The van der Waals surface area contributed by atoms with Crippen LogP contribution in [0, 0.1) is 5.82 Å². The first kappa shape index (κ1) is 19.9. The van der Waals surface area contributed by atoms with Crippen LogP contribution in [0.25, 0.3) is 0 Å². The van der Waals surface area contributed by atoms with E-state index in [1.54, 1.807) is 38.5 Å². The summed E-state index contributed by atoms with van der Waals surface area (Å²) in [7, 11) is 3.13. The minimum absolute atomic E-state index is 0.0828. The van der Waals surface area contributed by atoms with Crippen LogP contribution >= 0.6 is 0 Å². The van der Waals surface area contributed by atoms with E-state index in [1.807, 2.05) is 6.92 Å². The number of nitrogens with zero attached hydrogens (tertiary/aromatic N) is 3. The highest BCUT2D eigenvalue weighted by Crippen LogP contribution is 2.29. The lowest BCUT2D eigenvalue weighted by Crippen LogP contribution is -2.53. The van der Waals surface area contributed by atoms with Crippen molar-refractivity contribution < 1.29 is 18.7 Å². The smallest absolute Gasteiger partial charge is 0.241 e. The maximum atomic E-state index is 13.0. The van der Waals surface area contributed by atoms with E-state index >= 15 is 0 Å². The Bertz CT molecular complexity index is 808. The van der Waals surface area contributed by atoms with Crippen LogP contribution in [0.3, 0.4) is 0 Å². The Kier molecular flexibility index (Phi) is 6.30. The number of aromatic nitrogens is 1. The number of amides is 1. The van der Waals surface area contributed by atoms with Crippen LogP contribution < -0.4 is 19.7 Å². The number of rotatable bonds is 6. The van der Waals surface area contributed by atoms with Gasteiger partial charge in [0.2, 0.25) is 5.91 Å². The molecule has 1 amide bonds. The van der Waals surface area contributed by atoms with E-state index in [9.17, 15) is 9.18 Å². The van der Waals surface area contributed by atoms with Gasteiger partial charge in [0.05, 0.1) is 26.5 Å². The zero-order chi connectivity index (χ0) is 20.1. The number of halogens is 1. The predicted molar refractivity (Wildman–Crippen MR) is 106 cm³/mol. The van der Waals surface area contributed by atoms with E-state index in [4.69, 9.17) is 9.47 Å². The summed E-state index contributed by atoms with van der Waals surface area (Å²) < 4.78 is 23.5. The molecule has 28 heavy (non-hydrogen) atoms. The largest absolute Gasteiger partial charge is 0.493 e. The molecule has 8 heteroatoms. The predicted octanol–water partition coefficient (Wildman–Crippen LogP) is 2.39. The van der Waals surface area contributed by atoms with Gasteiger partial charge < -0.3 is 19.7 Å². The third-order valence-electron chi connectivity index (χ3n) is 4.93. The molecule has 1 saturated heterocycles. The van der Waals surface area contributed by atoms with E-state index in [0.717, 1.165) is 32.0 Å². The summed E-state index contributed by atoms with van der Waals surface area (Å²) in [6.45, 7) is 4.79. The maximum absolute atomic E-state index is 13.0. The molecule has 0 radical (unpaired) electrons. The monoisotopic (exact) mass is 388 g/mol. The molecule has 7 nitrogen and oxygen atoms in total. The summed E-state index contributed by atoms with van der Waals surface area (Å²) in [5.74, 6) is 1.50. The fraction of sp³-hybridized carbons (Fsp3) is 0.400. The number of methoxy groups -OCH3 is 2. The molecule has 1 N–H and O–H groups in total. The fourth-order valence-corrected chi connectivity index (χ4v) is 3.22. The van der Waals surface area contributed by atoms with Gasteiger partial charge in [-0.25, -0.2) is 9.37 Å². The minimum Gasteiger partial charge on any atom is -0.493 e. The number of pyridine rings is 1. The van der Waals surface area contributed by atoms with Gasteiger partial charge in [0.1, 0.15) is 11.6 Å². The van der Waals surface area contributed by atoms with Crippen LogP contribution in [0.5, 0.6) is 11.5 Å². The quantitative estimate of drug-likeness (QED) is 0.820. The Balaban J connectivity index is 1.56. The normalized spacial score (nSPS) is 15.8. The van der Waals surface area contributed by atoms with Crippen LogP contribution in [0.2, 0.25) is 0 Å². The Hall–Kier alpha value is -2.87. The zero-order valence-electron chi connectivity index (χ0n) is 16.3. The molecule has 0 saturated carbocycles. The van der Waals surface area contributed by atoms with Crippen LogP contribution in [0.4, 0.5) is 15.9 Å². The molecule has 1 unspecified atom stereocenters. The molecule has 1 aromatic carbocycles. The summed E-state index contributed by atoms with van der Waals surface area (Å²) in [5.41, 5.74) is 0.656. The average molecular weight is 388 g/mol. The number of benzene rings is 1. The van der Waals surface area contributed by atoms with Crippen molar-refractivity contribution in [3.63, 3.8) is 0 Å². The second-order valence-electron chi connectivity index (χ2n) is 6.59. The number of carbonyl (C=O) groups excluding carboxylic acids is 1. The lowest BCUT2D eigenvalue weighted by molar-refractivity contribution is -0.120. The molecule has 2 aromatic rings. The van der Waals surface area contributed by atoms with Crippen molar-refractivity contribution in [2.45, 2.75) is 13.0 Å². The van der Waals surface area contributed by atoms with Gasteiger partial charge in [0.25, 0.3) is 0 Å². The van der Waals surface area contributed by atoms with E-state index in [2.05, 4.69) is 20.1 Å². The molecule has 1 aliphatic rings. The van der Waals surface area contributed by atoms with Crippen molar-refractivity contribution in [3.8, 4) is 11.5 Å². The first-order chi connectivity index (χ1) is 13.5. The highest BCUT2D eigenvalue weighted by molar-refractivity contribution is 5.94. The summed E-state index contributed by atoms with van der Waals surface area (Å²) in [6, 6.07) is 8.09. The topological polar surface area (TPSA) is 66.9 Å². The van der Waals surface area contributed by atoms with Crippen molar-refractivity contribution in [2.24, 2.45) is 0 Å². The summed E-state index contributed by atoms with van der Waals surface area (Å²) in [5, 5.41) is 2.93. The van der Waals surface area contributed by atoms with Crippen molar-refractivity contribution in [1.29, 1.82) is 0 Å². The Morgan fingerprint density at radius 2 is 1.82 bits per heavy atom. The van der Waals surface area contributed by atoms with E-state index < -0.39 is 0 Å². The Morgan fingerprint density at radius 3 is 2.43 bits per heavy atom. The number of hydrogen-bond acceptors (Lipinski definition) is 6. The molecule has 1 aliphatic heterocycles. The molecule has 1 atom stereocenters. The van der Waals surface area contributed by atoms with Gasteiger partial charge >= 0.3 is 0 Å². The van der Waals surface area contributed by atoms with Gasteiger partial charge in [-0.1, -0.05) is 0 Å². The van der Waals surface area contributed by atoms with Crippen LogP contribution in [0.1, 0.15) is 6.92 Å². The first-order valence-corrected chi connectivity index (χ1v) is 9.15. The van der Waals surface area contributed by atoms with Crippen LogP contribution in [-0.2, 0) is 4.79 Å². The molecule has 3 rings (SSSR count). The van der Waals surface area contributed by atoms with Crippen LogP contribution in [-0.4, -0.2) is 62.2 Å². The second kappa shape index (κ2) is 8.88. The fourth-order valence-electron chi connectivity index (χ4n) is 3.22. The van der Waals surface area contributed by atoms with Gasteiger partial charge in [-0.2, -0.15) is 0 Å². The number of hydrogen-bond donors (Lipinski definition) is 1. The van der Waals surface area contributed by atoms with Gasteiger partial charge in [-0.3, -0.25) is 9.69 Å². The number of anilines is 2. The standard InChI is InChI=1S/C20H25FN4O3/c1-14(20(26)23-16-5-6-17(27-2)18(12-16)28-3)24-8-10-25(11-9-24)19-7-4-15(21)13-22-19/h4-7,12-14H,8-11H2,1-3H3,(H,23,26). The number of carbonyl (C=O) groups is 1. The molecule has 0 spiro atoms. The van der Waals surface area contributed by atoms with E-state index in [1.165, 1.54) is 12.3 Å². The van der Waals surface area contributed by atoms with Crippen LogP contribution in [0.15, 0.2) is 36.5 Å². The highest BCUT2D eigenvalue weighted by Gasteiger charge is 2.26. The lowest BCUT2D eigenvalue weighted by atomic mass is 10.2. The molecule has 150 valence electrons. The van der Waals surface area contributed by atoms with E-state index in [0.29, 0.717) is 17.2 Å². The summed E-state index contributed by atoms with van der Waals surface area (Å²) in [4.78, 5) is 21.0. The van der Waals surface area contributed by atoms with Crippen molar-refractivity contribution in [2.75, 3.05) is 50.6 Å². The van der Waals surface area contributed by atoms with Gasteiger partial charge in [0, 0.05) is 37.9 Å². The average Bonchev–Trinajstić information content (AvgIpc) is 2.73. The van der Waals surface area contributed by atoms with Gasteiger partial charge in [-0.15, -0.1) is 0 Å². The molecule has 0 aliphatic carbocycles. The SMILES string of the molecule is COc1ccc(NC(=O)C(C)N2CCN(c3ccc(F)cn3)CC2)cc1OC. The molecule has 2 heterocycles. The molecule has 1 aromatic heterocycles. The molecular weight excluding hydrogens is 363 g/mol. The second-order valence-corrected chi connectivity index (χ2v) is 6.59. The van der Waals surface area contributed by atoms with Crippen molar-refractivity contribution in [3.05, 3.63) is 42.3 Å². The molecule has 0 bridgehead atoms. The van der Waals surface area contributed by atoms with Gasteiger partial charge in [-0.05, 0) is 31.2 Å². The van der Waals surface area contributed by atoms with Crippen molar-refractivity contribution >= 4 is 17.4 Å². The Labute approximate surface area is 164 Å². The lowest BCUT2D eigenvalue weighted by Gasteiger charge is -2.37. The Morgan fingerprint density at radius 1 is 1.11 bits per heavy atom. The summed E-state index contributed by atoms with van der Waals surface area (Å²) in [6.07, 6.45) is 1.22. The maximum Gasteiger partial charge on any atom is 0.241 e. The van der Waals surface area contributed by atoms with Gasteiger partial charge in [0.15, 0.2) is 11.5 Å². The molecular formula is C20H25FN4O3. The van der Waals surface area contributed by atoms with E-state index in [-0.39, 0.29) is 17.8 Å². The number of nitrogens with one attached hydrogen (secondary N) is 1. The minimum atomic E-state index is -0.345. The first-order valence-electron chi connectivity index (χ1n) is 9.15. The third kappa shape index (κ3) is 4.51. The van der Waals surface area contributed by atoms with Crippen molar-refractivity contribution in [1.82, 2.24) is 9.88 Å². The number of piperazine rings is 1. The zero-order valence-corrected chi connectivity index (χ0v) is 16.3.